The Morgan fingerprint density at radius 1 is 1.16 bits per heavy atom. The zero-order valence-electron chi connectivity index (χ0n) is 11.1. The molecule has 19 heavy (non-hydrogen) atoms. The van der Waals surface area contributed by atoms with E-state index in [-0.39, 0.29) is 0 Å². The fourth-order valence-electron chi connectivity index (χ4n) is 2.77. The highest BCUT2D eigenvalue weighted by molar-refractivity contribution is 9.10. The van der Waals surface area contributed by atoms with Crippen LogP contribution in [-0.2, 0) is 12.8 Å². The number of hydrogen-bond donors (Lipinski definition) is 1. The minimum atomic E-state index is 0.454. The number of rotatable bonds is 3. The number of nitrogens with one attached hydrogen (secondary N) is 1. The van der Waals surface area contributed by atoms with E-state index < -0.39 is 0 Å². The van der Waals surface area contributed by atoms with Gasteiger partial charge >= 0.3 is 0 Å². The molecule has 0 aliphatic heterocycles. The van der Waals surface area contributed by atoms with E-state index in [0.29, 0.717) is 6.04 Å². The van der Waals surface area contributed by atoms with Gasteiger partial charge in [0.1, 0.15) is 0 Å². The highest BCUT2D eigenvalue weighted by atomic mass is 79.9. The SMILES string of the molecule is CCc1ccc(NC2CCc3cc(Br)ccc32)cc1. The summed E-state index contributed by atoms with van der Waals surface area (Å²) in [6, 6.07) is 15.9. The molecule has 2 aromatic rings. The highest BCUT2D eigenvalue weighted by Gasteiger charge is 2.22. The predicted octanol–water partition coefficient (Wildman–Crippen LogP) is 5.11. The fraction of sp³-hybridized carbons (Fsp3) is 0.294. The van der Waals surface area contributed by atoms with Crippen LogP contribution in [0.1, 0.15) is 36.1 Å². The molecular formula is C17H18BrN. The van der Waals surface area contributed by atoms with Crippen molar-refractivity contribution in [2.45, 2.75) is 32.2 Å². The molecule has 1 unspecified atom stereocenters. The Kier molecular flexibility index (Phi) is 3.61. The van der Waals surface area contributed by atoms with Crippen LogP contribution >= 0.6 is 15.9 Å². The van der Waals surface area contributed by atoms with E-state index in [4.69, 9.17) is 0 Å². The van der Waals surface area contributed by atoms with Crippen LogP contribution in [0.2, 0.25) is 0 Å². The first-order valence-corrected chi connectivity index (χ1v) is 7.69. The second-order valence-electron chi connectivity index (χ2n) is 5.13. The third-order valence-corrected chi connectivity index (χ3v) is 4.38. The van der Waals surface area contributed by atoms with Crippen LogP contribution < -0.4 is 5.32 Å². The van der Waals surface area contributed by atoms with Gasteiger partial charge in [-0.15, -0.1) is 0 Å². The lowest BCUT2D eigenvalue weighted by Gasteiger charge is -2.16. The van der Waals surface area contributed by atoms with Gasteiger partial charge in [-0.3, -0.25) is 0 Å². The van der Waals surface area contributed by atoms with Gasteiger partial charge in [-0.25, -0.2) is 0 Å². The van der Waals surface area contributed by atoms with Crippen LogP contribution in [0.4, 0.5) is 5.69 Å². The molecule has 1 aliphatic carbocycles. The topological polar surface area (TPSA) is 12.0 Å². The van der Waals surface area contributed by atoms with Crippen LogP contribution in [0.25, 0.3) is 0 Å². The monoisotopic (exact) mass is 315 g/mol. The van der Waals surface area contributed by atoms with Crippen LogP contribution in [0.15, 0.2) is 46.9 Å². The smallest absolute Gasteiger partial charge is 0.0519 e. The normalized spacial score (nSPS) is 17.3. The summed E-state index contributed by atoms with van der Waals surface area (Å²) in [5.74, 6) is 0. The van der Waals surface area contributed by atoms with Crippen molar-refractivity contribution in [2.24, 2.45) is 0 Å². The molecule has 1 aliphatic rings. The van der Waals surface area contributed by atoms with Gasteiger partial charge < -0.3 is 5.32 Å². The van der Waals surface area contributed by atoms with Crippen molar-refractivity contribution in [3.8, 4) is 0 Å². The van der Waals surface area contributed by atoms with Crippen molar-refractivity contribution in [1.29, 1.82) is 0 Å². The number of hydrogen-bond acceptors (Lipinski definition) is 1. The fourth-order valence-corrected chi connectivity index (χ4v) is 3.18. The number of fused-ring (bicyclic) bond motifs is 1. The molecule has 3 rings (SSSR count). The molecule has 0 spiro atoms. The van der Waals surface area contributed by atoms with E-state index in [2.05, 4.69) is 70.6 Å². The van der Waals surface area contributed by atoms with Crippen molar-refractivity contribution in [3.05, 3.63) is 63.6 Å². The maximum absolute atomic E-state index is 3.65. The maximum Gasteiger partial charge on any atom is 0.0519 e. The van der Waals surface area contributed by atoms with Gasteiger partial charge in [0.2, 0.25) is 0 Å². The lowest BCUT2D eigenvalue weighted by Crippen LogP contribution is -2.06. The molecule has 1 nitrogen and oxygen atoms in total. The molecule has 0 amide bonds. The molecular weight excluding hydrogens is 298 g/mol. The highest BCUT2D eigenvalue weighted by Crippen LogP contribution is 2.35. The minimum absolute atomic E-state index is 0.454. The van der Waals surface area contributed by atoms with Crippen LogP contribution in [0.5, 0.6) is 0 Å². The molecule has 0 bridgehead atoms. The molecule has 1 atom stereocenters. The number of halogens is 1. The molecule has 1 N–H and O–H groups in total. The largest absolute Gasteiger partial charge is 0.378 e. The summed E-state index contributed by atoms with van der Waals surface area (Å²) in [4.78, 5) is 0. The molecule has 98 valence electrons. The van der Waals surface area contributed by atoms with Crippen molar-refractivity contribution in [1.82, 2.24) is 0 Å². The van der Waals surface area contributed by atoms with E-state index in [1.54, 1.807) is 0 Å². The number of anilines is 1. The Morgan fingerprint density at radius 3 is 2.68 bits per heavy atom. The molecule has 2 heteroatoms. The van der Waals surface area contributed by atoms with Gasteiger partial charge in [0.05, 0.1) is 6.04 Å². The molecule has 2 aromatic carbocycles. The molecule has 0 heterocycles. The van der Waals surface area contributed by atoms with E-state index in [9.17, 15) is 0 Å². The third kappa shape index (κ3) is 2.69. The maximum atomic E-state index is 3.65. The summed E-state index contributed by atoms with van der Waals surface area (Å²) in [6.07, 6.45) is 3.45. The predicted molar refractivity (Wildman–Crippen MR) is 84.6 cm³/mol. The quantitative estimate of drug-likeness (QED) is 0.829. The van der Waals surface area contributed by atoms with Crippen LogP contribution in [0.3, 0.4) is 0 Å². The summed E-state index contributed by atoms with van der Waals surface area (Å²) in [5, 5.41) is 3.65. The Labute approximate surface area is 123 Å². The van der Waals surface area contributed by atoms with Gasteiger partial charge in [0.15, 0.2) is 0 Å². The third-order valence-electron chi connectivity index (χ3n) is 3.89. The first-order valence-electron chi connectivity index (χ1n) is 6.90. The first-order chi connectivity index (χ1) is 9.26. The van der Waals surface area contributed by atoms with E-state index in [1.807, 2.05) is 0 Å². The standard InChI is InChI=1S/C17H18BrN/c1-2-12-3-7-15(8-4-12)19-17-10-5-13-11-14(18)6-9-16(13)17/h3-4,6-9,11,17,19H,2,5,10H2,1H3. The summed E-state index contributed by atoms with van der Waals surface area (Å²) >= 11 is 3.55. The molecule has 0 saturated heterocycles. The van der Waals surface area contributed by atoms with Crippen molar-refractivity contribution < 1.29 is 0 Å². The van der Waals surface area contributed by atoms with E-state index in [0.717, 1.165) is 6.42 Å². The zero-order chi connectivity index (χ0) is 13.2. The van der Waals surface area contributed by atoms with Gasteiger partial charge in [-0.05, 0) is 60.2 Å². The zero-order valence-corrected chi connectivity index (χ0v) is 12.7. The average Bonchev–Trinajstić information content (AvgIpc) is 2.82. The summed E-state index contributed by atoms with van der Waals surface area (Å²) < 4.78 is 1.18. The molecule has 0 aromatic heterocycles. The molecule has 0 radical (unpaired) electrons. The summed E-state index contributed by atoms with van der Waals surface area (Å²) in [5.41, 5.74) is 5.53. The van der Waals surface area contributed by atoms with Crippen molar-refractivity contribution in [2.75, 3.05) is 5.32 Å². The van der Waals surface area contributed by atoms with Gasteiger partial charge in [0.25, 0.3) is 0 Å². The number of aryl methyl sites for hydroxylation is 2. The Balaban J connectivity index is 1.78. The van der Waals surface area contributed by atoms with Crippen LogP contribution in [0, 0.1) is 0 Å². The second-order valence-corrected chi connectivity index (χ2v) is 6.04. The van der Waals surface area contributed by atoms with Crippen molar-refractivity contribution in [3.63, 3.8) is 0 Å². The van der Waals surface area contributed by atoms with Gasteiger partial charge in [-0.1, -0.05) is 41.1 Å². The van der Waals surface area contributed by atoms with E-state index in [1.165, 1.54) is 39.7 Å². The van der Waals surface area contributed by atoms with Gasteiger partial charge in [0, 0.05) is 10.2 Å². The number of benzene rings is 2. The molecule has 0 saturated carbocycles. The minimum Gasteiger partial charge on any atom is -0.378 e. The second kappa shape index (κ2) is 5.38. The Hall–Kier alpha value is -1.28. The first kappa shape index (κ1) is 12.7. The summed E-state index contributed by atoms with van der Waals surface area (Å²) in [6.45, 7) is 2.19. The lowest BCUT2D eigenvalue weighted by atomic mass is 10.1. The average molecular weight is 316 g/mol. The Morgan fingerprint density at radius 2 is 1.95 bits per heavy atom. The lowest BCUT2D eigenvalue weighted by molar-refractivity contribution is 0.762. The van der Waals surface area contributed by atoms with Crippen LogP contribution in [-0.4, -0.2) is 0 Å². The van der Waals surface area contributed by atoms with Crippen molar-refractivity contribution >= 4 is 21.6 Å². The Bertz CT molecular complexity index is 574. The summed E-state index contributed by atoms with van der Waals surface area (Å²) in [7, 11) is 0. The van der Waals surface area contributed by atoms with E-state index >= 15 is 0 Å². The van der Waals surface area contributed by atoms with Gasteiger partial charge in [-0.2, -0.15) is 0 Å². The molecule has 0 fully saturated rings.